The van der Waals surface area contributed by atoms with E-state index in [1.807, 2.05) is 17.7 Å². The standard InChI is InChI=1S/C7H9NS/c1-2-3-4-7-8-5-6-9-7/h3-6H,2H2,1H3/b4-3-. The molecule has 0 amide bonds. The Morgan fingerprint density at radius 1 is 1.78 bits per heavy atom. The summed E-state index contributed by atoms with van der Waals surface area (Å²) in [5.41, 5.74) is 0. The van der Waals surface area contributed by atoms with Crippen LogP contribution in [0.25, 0.3) is 6.08 Å². The molecule has 0 aliphatic carbocycles. The van der Waals surface area contributed by atoms with Gasteiger partial charge < -0.3 is 0 Å². The third kappa shape index (κ3) is 1.98. The smallest absolute Gasteiger partial charge is 0.115 e. The Kier molecular flexibility index (Phi) is 2.46. The van der Waals surface area contributed by atoms with Crippen LogP contribution in [0.2, 0.25) is 0 Å². The first-order chi connectivity index (χ1) is 4.43. The summed E-state index contributed by atoms with van der Waals surface area (Å²) >= 11 is 1.66. The fraction of sp³-hybridized carbons (Fsp3) is 0.286. The maximum absolute atomic E-state index is 4.09. The van der Waals surface area contributed by atoms with Crippen molar-refractivity contribution in [2.45, 2.75) is 13.3 Å². The zero-order valence-corrected chi connectivity index (χ0v) is 6.19. The second kappa shape index (κ2) is 3.41. The maximum Gasteiger partial charge on any atom is 0.115 e. The molecule has 0 saturated carbocycles. The lowest BCUT2D eigenvalue weighted by atomic mass is 10.4. The minimum atomic E-state index is 1.08. The lowest BCUT2D eigenvalue weighted by molar-refractivity contribution is 1.23. The Bertz CT molecular complexity index is 177. The molecule has 0 N–H and O–H groups in total. The van der Waals surface area contributed by atoms with Crippen LogP contribution in [0.3, 0.4) is 0 Å². The molecule has 0 unspecified atom stereocenters. The predicted molar refractivity (Wildman–Crippen MR) is 41.4 cm³/mol. The molecule has 0 aromatic carbocycles. The number of hydrogen-bond acceptors (Lipinski definition) is 2. The predicted octanol–water partition coefficient (Wildman–Crippen LogP) is 2.57. The molecule has 2 heteroatoms. The Hall–Kier alpha value is -0.630. The van der Waals surface area contributed by atoms with Gasteiger partial charge >= 0.3 is 0 Å². The maximum atomic E-state index is 4.09. The van der Waals surface area contributed by atoms with Crippen molar-refractivity contribution < 1.29 is 0 Å². The zero-order valence-electron chi connectivity index (χ0n) is 5.37. The summed E-state index contributed by atoms with van der Waals surface area (Å²) in [4.78, 5) is 4.09. The average Bonchev–Trinajstić information content (AvgIpc) is 2.34. The number of hydrogen-bond donors (Lipinski definition) is 0. The third-order valence-electron chi connectivity index (χ3n) is 0.948. The topological polar surface area (TPSA) is 12.9 Å². The molecule has 1 heterocycles. The lowest BCUT2D eigenvalue weighted by Crippen LogP contribution is -1.62. The normalized spacial score (nSPS) is 10.8. The average molecular weight is 139 g/mol. The van der Waals surface area contributed by atoms with Gasteiger partial charge in [-0.15, -0.1) is 11.3 Å². The minimum Gasteiger partial charge on any atom is -0.245 e. The van der Waals surface area contributed by atoms with E-state index in [1.165, 1.54) is 0 Å². The van der Waals surface area contributed by atoms with Crippen molar-refractivity contribution in [3.05, 3.63) is 22.7 Å². The van der Waals surface area contributed by atoms with Gasteiger partial charge in [-0.05, 0) is 12.5 Å². The van der Waals surface area contributed by atoms with E-state index in [2.05, 4.69) is 18.0 Å². The van der Waals surface area contributed by atoms with Gasteiger partial charge in [-0.25, -0.2) is 4.98 Å². The van der Waals surface area contributed by atoms with Crippen LogP contribution in [-0.4, -0.2) is 4.98 Å². The zero-order chi connectivity index (χ0) is 6.53. The summed E-state index contributed by atoms with van der Waals surface area (Å²) in [7, 11) is 0. The Labute approximate surface area is 59.1 Å². The van der Waals surface area contributed by atoms with Crippen molar-refractivity contribution in [1.82, 2.24) is 4.98 Å². The largest absolute Gasteiger partial charge is 0.245 e. The van der Waals surface area contributed by atoms with Crippen LogP contribution in [0.1, 0.15) is 18.4 Å². The minimum absolute atomic E-state index is 1.08. The Morgan fingerprint density at radius 2 is 2.67 bits per heavy atom. The molecular weight excluding hydrogens is 130 g/mol. The van der Waals surface area contributed by atoms with Gasteiger partial charge in [0.25, 0.3) is 0 Å². The van der Waals surface area contributed by atoms with E-state index in [0.717, 1.165) is 11.4 Å². The monoisotopic (exact) mass is 139 g/mol. The molecule has 0 saturated heterocycles. The van der Waals surface area contributed by atoms with Gasteiger partial charge in [0, 0.05) is 11.6 Å². The molecule has 48 valence electrons. The van der Waals surface area contributed by atoms with Crippen LogP contribution < -0.4 is 0 Å². The third-order valence-corrected chi connectivity index (χ3v) is 1.69. The fourth-order valence-electron chi connectivity index (χ4n) is 0.535. The first-order valence-electron chi connectivity index (χ1n) is 2.99. The fourth-order valence-corrected chi connectivity index (χ4v) is 1.09. The number of nitrogens with zero attached hydrogens (tertiary/aromatic N) is 1. The van der Waals surface area contributed by atoms with Crippen molar-refractivity contribution in [2.75, 3.05) is 0 Å². The molecule has 0 radical (unpaired) electrons. The van der Waals surface area contributed by atoms with E-state index < -0.39 is 0 Å². The van der Waals surface area contributed by atoms with Crippen LogP contribution in [0.4, 0.5) is 0 Å². The van der Waals surface area contributed by atoms with E-state index in [-0.39, 0.29) is 0 Å². The Balaban J connectivity index is 2.57. The molecule has 0 aliphatic heterocycles. The second-order valence-electron chi connectivity index (χ2n) is 1.68. The van der Waals surface area contributed by atoms with Gasteiger partial charge in [-0.1, -0.05) is 13.0 Å². The molecule has 1 nitrogen and oxygen atoms in total. The van der Waals surface area contributed by atoms with Crippen molar-refractivity contribution >= 4 is 17.4 Å². The quantitative estimate of drug-likeness (QED) is 0.613. The molecule has 1 rings (SSSR count). The van der Waals surface area contributed by atoms with Crippen LogP contribution in [-0.2, 0) is 0 Å². The highest BCUT2D eigenvalue weighted by molar-refractivity contribution is 7.10. The molecule has 9 heavy (non-hydrogen) atoms. The first kappa shape index (κ1) is 6.49. The molecule has 1 aromatic heterocycles. The van der Waals surface area contributed by atoms with Gasteiger partial charge in [-0.3, -0.25) is 0 Å². The van der Waals surface area contributed by atoms with Crippen LogP contribution >= 0.6 is 11.3 Å². The van der Waals surface area contributed by atoms with Crippen molar-refractivity contribution in [1.29, 1.82) is 0 Å². The van der Waals surface area contributed by atoms with Gasteiger partial charge in [0.2, 0.25) is 0 Å². The first-order valence-corrected chi connectivity index (χ1v) is 3.87. The SMILES string of the molecule is CC/C=C\c1nccs1. The number of thiazole rings is 1. The van der Waals surface area contributed by atoms with Crippen molar-refractivity contribution in [3.8, 4) is 0 Å². The van der Waals surface area contributed by atoms with Crippen LogP contribution in [0, 0.1) is 0 Å². The van der Waals surface area contributed by atoms with Crippen LogP contribution in [0.15, 0.2) is 17.7 Å². The summed E-state index contributed by atoms with van der Waals surface area (Å²) in [5.74, 6) is 0. The summed E-state index contributed by atoms with van der Waals surface area (Å²) in [6, 6.07) is 0. The van der Waals surface area contributed by atoms with Gasteiger partial charge in [0.1, 0.15) is 5.01 Å². The van der Waals surface area contributed by atoms with E-state index in [0.29, 0.717) is 0 Å². The number of aromatic nitrogens is 1. The molecule has 0 fully saturated rings. The second-order valence-corrected chi connectivity index (χ2v) is 2.61. The number of rotatable bonds is 2. The molecule has 0 atom stereocenters. The highest BCUT2D eigenvalue weighted by atomic mass is 32.1. The van der Waals surface area contributed by atoms with Gasteiger partial charge in [0.15, 0.2) is 0 Å². The number of allylic oxidation sites excluding steroid dienone is 1. The van der Waals surface area contributed by atoms with E-state index in [4.69, 9.17) is 0 Å². The molecule has 0 bridgehead atoms. The van der Waals surface area contributed by atoms with Crippen molar-refractivity contribution in [3.63, 3.8) is 0 Å². The summed E-state index contributed by atoms with van der Waals surface area (Å²) in [5, 5.41) is 3.08. The van der Waals surface area contributed by atoms with Gasteiger partial charge in [-0.2, -0.15) is 0 Å². The summed E-state index contributed by atoms with van der Waals surface area (Å²) < 4.78 is 0. The molecule has 1 aromatic rings. The van der Waals surface area contributed by atoms with E-state index in [9.17, 15) is 0 Å². The van der Waals surface area contributed by atoms with Crippen LogP contribution in [0.5, 0.6) is 0 Å². The summed E-state index contributed by atoms with van der Waals surface area (Å²) in [6.45, 7) is 2.12. The summed E-state index contributed by atoms with van der Waals surface area (Å²) in [6.07, 6.45) is 7.06. The Morgan fingerprint density at radius 3 is 3.22 bits per heavy atom. The molecular formula is C7H9NS. The van der Waals surface area contributed by atoms with Gasteiger partial charge in [0.05, 0.1) is 0 Å². The lowest BCUT2D eigenvalue weighted by Gasteiger charge is -1.77. The van der Waals surface area contributed by atoms with E-state index in [1.54, 1.807) is 11.3 Å². The van der Waals surface area contributed by atoms with E-state index >= 15 is 0 Å². The molecule has 0 spiro atoms. The van der Waals surface area contributed by atoms with Crippen molar-refractivity contribution in [2.24, 2.45) is 0 Å². The highest BCUT2D eigenvalue weighted by Crippen LogP contribution is 2.05. The molecule has 0 aliphatic rings. The highest BCUT2D eigenvalue weighted by Gasteiger charge is 1.83.